The average molecular weight is 263 g/mol. The normalized spacial score (nSPS) is 25.7. The molecule has 2 heterocycles. The Labute approximate surface area is 115 Å². The maximum absolute atomic E-state index is 5.66. The van der Waals surface area contributed by atoms with Gasteiger partial charge in [0.1, 0.15) is 5.82 Å². The van der Waals surface area contributed by atoms with Crippen LogP contribution in [0.3, 0.4) is 0 Å². The van der Waals surface area contributed by atoms with Gasteiger partial charge in [-0.3, -0.25) is 4.90 Å². The number of rotatable bonds is 3. The van der Waals surface area contributed by atoms with Crippen LogP contribution in [0.2, 0.25) is 0 Å². The van der Waals surface area contributed by atoms with Gasteiger partial charge >= 0.3 is 0 Å². The molecule has 0 spiro atoms. The zero-order valence-electron chi connectivity index (χ0n) is 12.3. The van der Waals surface area contributed by atoms with Crippen molar-refractivity contribution in [2.24, 2.45) is 5.92 Å². The summed E-state index contributed by atoms with van der Waals surface area (Å²) in [5.74, 6) is 1.99. The standard InChI is InChI=1S/C15H25N3O/c1-15(2,3)13-8-16-14(17-13)12-10-19-7-6-18(12)9-11-4-5-11/h8,11-12H,4-7,9-10H2,1-3H3,(H,16,17)/t12-/m0/s1. The molecule has 2 fully saturated rings. The van der Waals surface area contributed by atoms with E-state index in [0.29, 0.717) is 6.04 Å². The van der Waals surface area contributed by atoms with E-state index in [1.807, 2.05) is 6.20 Å². The molecule has 1 N–H and O–H groups in total. The van der Waals surface area contributed by atoms with Gasteiger partial charge < -0.3 is 9.72 Å². The molecular weight excluding hydrogens is 238 g/mol. The second kappa shape index (κ2) is 4.91. The molecule has 0 radical (unpaired) electrons. The third-order valence-electron chi connectivity index (χ3n) is 4.15. The first-order chi connectivity index (χ1) is 9.04. The van der Waals surface area contributed by atoms with Crippen LogP contribution in [0.4, 0.5) is 0 Å². The lowest BCUT2D eigenvalue weighted by Crippen LogP contribution is -2.41. The van der Waals surface area contributed by atoms with Gasteiger partial charge in [-0.1, -0.05) is 20.8 Å². The minimum Gasteiger partial charge on any atom is -0.378 e. The predicted octanol–water partition coefficient (Wildman–Crippen LogP) is 2.49. The summed E-state index contributed by atoms with van der Waals surface area (Å²) in [6.07, 6.45) is 4.78. The van der Waals surface area contributed by atoms with E-state index in [2.05, 4.69) is 35.6 Å². The van der Waals surface area contributed by atoms with Gasteiger partial charge in [0.2, 0.25) is 0 Å². The number of aromatic amines is 1. The Hall–Kier alpha value is -0.870. The Morgan fingerprint density at radius 2 is 2.21 bits per heavy atom. The maximum Gasteiger partial charge on any atom is 0.126 e. The predicted molar refractivity (Wildman–Crippen MR) is 75.1 cm³/mol. The smallest absolute Gasteiger partial charge is 0.126 e. The van der Waals surface area contributed by atoms with Crippen molar-refractivity contribution in [3.05, 3.63) is 17.7 Å². The van der Waals surface area contributed by atoms with Gasteiger partial charge in [-0.15, -0.1) is 0 Å². The summed E-state index contributed by atoms with van der Waals surface area (Å²) < 4.78 is 5.66. The van der Waals surface area contributed by atoms with E-state index >= 15 is 0 Å². The molecule has 1 aromatic rings. The van der Waals surface area contributed by atoms with Crippen LogP contribution >= 0.6 is 0 Å². The molecule has 1 saturated heterocycles. The third-order valence-corrected chi connectivity index (χ3v) is 4.15. The number of morpholine rings is 1. The SMILES string of the molecule is CC(C)(C)c1cnc([C@@H]2COCCN2CC2CC2)[nH]1. The van der Waals surface area contributed by atoms with Crippen molar-refractivity contribution >= 4 is 0 Å². The molecule has 106 valence electrons. The molecule has 1 aliphatic heterocycles. The molecule has 3 rings (SSSR count). The molecule has 0 aromatic carbocycles. The maximum atomic E-state index is 5.66. The largest absolute Gasteiger partial charge is 0.378 e. The second-order valence-corrected chi connectivity index (χ2v) is 6.96. The Morgan fingerprint density at radius 1 is 1.42 bits per heavy atom. The van der Waals surface area contributed by atoms with Crippen molar-refractivity contribution in [3.63, 3.8) is 0 Å². The van der Waals surface area contributed by atoms with Crippen LogP contribution in [0.15, 0.2) is 6.20 Å². The first kappa shape index (κ1) is 13.1. The van der Waals surface area contributed by atoms with Gasteiger partial charge in [0.15, 0.2) is 0 Å². The Morgan fingerprint density at radius 3 is 2.84 bits per heavy atom. The van der Waals surface area contributed by atoms with E-state index in [9.17, 15) is 0 Å². The fraction of sp³-hybridized carbons (Fsp3) is 0.800. The van der Waals surface area contributed by atoms with Crippen LogP contribution in [0.25, 0.3) is 0 Å². The molecule has 1 saturated carbocycles. The Kier molecular flexibility index (Phi) is 3.39. The summed E-state index contributed by atoms with van der Waals surface area (Å²) in [6, 6.07) is 0.311. The minimum absolute atomic E-state index is 0.127. The van der Waals surface area contributed by atoms with Gasteiger partial charge in [0.25, 0.3) is 0 Å². The number of H-pyrrole nitrogens is 1. The minimum atomic E-state index is 0.127. The lowest BCUT2D eigenvalue weighted by atomic mass is 9.93. The van der Waals surface area contributed by atoms with E-state index < -0.39 is 0 Å². The van der Waals surface area contributed by atoms with Crippen LogP contribution in [-0.4, -0.2) is 41.2 Å². The summed E-state index contributed by atoms with van der Waals surface area (Å²) in [7, 11) is 0. The Balaban J connectivity index is 1.75. The van der Waals surface area contributed by atoms with Gasteiger partial charge in [-0.25, -0.2) is 4.98 Å². The first-order valence-electron chi connectivity index (χ1n) is 7.41. The van der Waals surface area contributed by atoms with Crippen molar-refractivity contribution in [3.8, 4) is 0 Å². The van der Waals surface area contributed by atoms with Crippen LogP contribution < -0.4 is 0 Å². The number of aromatic nitrogens is 2. The molecule has 1 atom stereocenters. The molecule has 1 aliphatic carbocycles. The molecular formula is C15H25N3O. The van der Waals surface area contributed by atoms with Gasteiger partial charge in [0, 0.05) is 30.4 Å². The first-order valence-corrected chi connectivity index (χ1v) is 7.41. The van der Waals surface area contributed by atoms with Crippen molar-refractivity contribution in [1.29, 1.82) is 0 Å². The molecule has 1 aromatic heterocycles. The topological polar surface area (TPSA) is 41.1 Å². The van der Waals surface area contributed by atoms with Crippen LogP contribution in [0, 0.1) is 5.92 Å². The van der Waals surface area contributed by atoms with E-state index in [-0.39, 0.29) is 5.41 Å². The van der Waals surface area contributed by atoms with Crippen molar-refractivity contribution in [2.75, 3.05) is 26.3 Å². The average Bonchev–Trinajstić information content (AvgIpc) is 3.02. The molecule has 0 bridgehead atoms. The zero-order valence-corrected chi connectivity index (χ0v) is 12.3. The molecule has 0 amide bonds. The molecule has 4 heteroatoms. The fourth-order valence-electron chi connectivity index (χ4n) is 2.63. The van der Waals surface area contributed by atoms with Crippen LogP contribution in [-0.2, 0) is 10.2 Å². The number of hydrogen-bond acceptors (Lipinski definition) is 3. The lowest BCUT2D eigenvalue weighted by molar-refractivity contribution is -0.0135. The Bertz CT molecular complexity index is 431. The zero-order chi connectivity index (χ0) is 13.5. The highest BCUT2D eigenvalue weighted by Gasteiger charge is 2.32. The van der Waals surface area contributed by atoms with Gasteiger partial charge in [0.05, 0.1) is 19.3 Å². The quantitative estimate of drug-likeness (QED) is 0.911. The van der Waals surface area contributed by atoms with Gasteiger partial charge in [-0.2, -0.15) is 0 Å². The van der Waals surface area contributed by atoms with E-state index in [4.69, 9.17) is 4.74 Å². The summed E-state index contributed by atoms with van der Waals surface area (Å²) in [4.78, 5) is 10.7. The van der Waals surface area contributed by atoms with Crippen molar-refractivity contribution in [2.45, 2.75) is 45.1 Å². The summed E-state index contributed by atoms with van der Waals surface area (Å²) in [5, 5.41) is 0. The summed E-state index contributed by atoms with van der Waals surface area (Å²) in [6.45, 7) is 10.5. The molecule has 19 heavy (non-hydrogen) atoms. The molecule has 0 unspecified atom stereocenters. The number of hydrogen-bond donors (Lipinski definition) is 1. The highest BCUT2D eigenvalue weighted by atomic mass is 16.5. The number of ether oxygens (including phenoxy) is 1. The van der Waals surface area contributed by atoms with E-state index in [1.54, 1.807) is 0 Å². The fourth-order valence-corrected chi connectivity index (χ4v) is 2.63. The van der Waals surface area contributed by atoms with Crippen molar-refractivity contribution in [1.82, 2.24) is 14.9 Å². The monoisotopic (exact) mass is 263 g/mol. The van der Waals surface area contributed by atoms with Crippen LogP contribution in [0.1, 0.15) is 51.2 Å². The van der Waals surface area contributed by atoms with Crippen molar-refractivity contribution < 1.29 is 4.74 Å². The number of nitrogens with one attached hydrogen (secondary N) is 1. The lowest BCUT2D eigenvalue weighted by Gasteiger charge is -2.34. The number of imidazole rings is 1. The van der Waals surface area contributed by atoms with E-state index in [0.717, 1.165) is 31.5 Å². The third kappa shape index (κ3) is 3.00. The summed E-state index contributed by atoms with van der Waals surface area (Å²) >= 11 is 0. The highest BCUT2D eigenvalue weighted by Crippen LogP contribution is 2.33. The summed E-state index contributed by atoms with van der Waals surface area (Å²) in [5.41, 5.74) is 1.33. The van der Waals surface area contributed by atoms with E-state index in [1.165, 1.54) is 25.1 Å². The second-order valence-electron chi connectivity index (χ2n) is 6.96. The van der Waals surface area contributed by atoms with Gasteiger partial charge in [-0.05, 0) is 18.8 Å². The molecule has 2 aliphatic rings. The number of nitrogens with zero attached hydrogens (tertiary/aromatic N) is 2. The van der Waals surface area contributed by atoms with Crippen LogP contribution in [0.5, 0.6) is 0 Å². The molecule has 4 nitrogen and oxygen atoms in total. The highest BCUT2D eigenvalue weighted by molar-refractivity contribution is 5.13.